The van der Waals surface area contributed by atoms with Crippen molar-refractivity contribution >= 4 is 43.7 Å². The van der Waals surface area contributed by atoms with Crippen molar-refractivity contribution in [2.45, 2.75) is 0 Å². The van der Waals surface area contributed by atoms with Crippen molar-refractivity contribution in [3.05, 3.63) is 170 Å². The summed E-state index contributed by atoms with van der Waals surface area (Å²) in [6, 6.07) is 58.5. The number of fused-ring (bicyclic) bond motifs is 7. The molecule has 0 aliphatic heterocycles. The molecule has 0 radical (unpaired) electrons. The standard InChI is InChI=1S/C45H28N4O/c1-4-14-29(15-5-1)32-20-12-21-33(28-32)49-39-25-11-10-22-34(39)35-26-27-37-36-23-13-24-38(41(36)50-42(37)40(35)49)45-47-43(30-16-6-2-7-17-30)46-44(48-45)31-18-8-3-9-19-31/h1-28H. The molecule has 50 heavy (non-hydrogen) atoms. The lowest BCUT2D eigenvalue weighted by atomic mass is 10.0. The molecule has 10 aromatic rings. The van der Waals surface area contributed by atoms with E-state index in [1.165, 1.54) is 10.9 Å². The summed E-state index contributed by atoms with van der Waals surface area (Å²) < 4.78 is 9.37. The quantitative estimate of drug-likeness (QED) is 0.188. The van der Waals surface area contributed by atoms with Crippen LogP contribution in [0.1, 0.15) is 0 Å². The average molecular weight is 641 g/mol. The molecular formula is C45H28N4O. The van der Waals surface area contributed by atoms with Crippen LogP contribution in [0.15, 0.2) is 174 Å². The molecule has 10 rings (SSSR count). The fourth-order valence-electron chi connectivity index (χ4n) is 7.13. The van der Waals surface area contributed by atoms with Crippen LogP contribution in [0.2, 0.25) is 0 Å². The number of benzene rings is 7. The molecule has 0 atom stereocenters. The van der Waals surface area contributed by atoms with Crippen molar-refractivity contribution in [2.75, 3.05) is 0 Å². The first-order valence-corrected chi connectivity index (χ1v) is 16.7. The van der Waals surface area contributed by atoms with Crippen LogP contribution in [0.4, 0.5) is 0 Å². The molecule has 5 heteroatoms. The number of aromatic nitrogens is 4. The van der Waals surface area contributed by atoms with Crippen LogP contribution in [0.25, 0.3) is 94.7 Å². The van der Waals surface area contributed by atoms with Crippen molar-refractivity contribution in [3.8, 4) is 51.0 Å². The predicted octanol–water partition coefficient (Wildman–Crippen LogP) is 11.5. The lowest BCUT2D eigenvalue weighted by molar-refractivity contribution is 0.671. The molecule has 0 bridgehead atoms. The molecule has 0 amide bonds. The molecule has 0 N–H and O–H groups in total. The summed E-state index contributed by atoms with van der Waals surface area (Å²) >= 11 is 0. The maximum atomic E-state index is 7.03. The Morgan fingerprint density at radius 3 is 1.64 bits per heavy atom. The van der Waals surface area contributed by atoms with E-state index in [9.17, 15) is 0 Å². The monoisotopic (exact) mass is 640 g/mol. The Labute approximate surface area is 287 Å². The number of furan rings is 1. The smallest absolute Gasteiger partial charge is 0.167 e. The van der Waals surface area contributed by atoms with Crippen LogP contribution in [0.3, 0.4) is 0 Å². The van der Waals surface area contributed by atoms with Crippen LogP contribution in [-0.4, -0.2) is 19.5 Å². The first kappa shape index (κ1) is 28.2. The molecule has 0 spiro atoms. The minimum absolute atomic E-state index is 0.565. The van der Waals surface area contributed by atoms with Gasteiger partial charge in [0.05, 0.1) is 16.6 Å². The fraction of sp³-hybridized carbons (Fsp3) is 0. The Kier molecular flexibility index (Phi) is 6.42. The van der Waals surface area contributed by atoms with Gasteiger partial charge in [-0.1, -0.05) is 140 Å². The van der Waals surface area contributed by atoms with Crippen LogP contribution in [0, 0.1) is 0 Å². The maximum Gasteiger partial charge on any atom is 0.167 e. The second kappa shape index (κ2) is 11.4. The summed E-state index contributed by atoms with van der Waals surface area (Å²) in [7, 11) is 0. The van der Waals surface area contributed by atoms with Crippen molar-refractivity contribution in [1.29, 1.82) is 0 Å². The molecule has 7 aromatic carbocycles. The summed E-state index contributed by atoms with van der Waals surface area (Å²) in [6.45, 7) is 0. The van der Waals surface area contributed by atoms with Gasteiger partial charge in [-0.15, -0.1) is 0 Å². The van der Waals surface area contributed by atoms with E-state index in [0.717, 1.165) is 66.3 Å². The minimum atomic E-state index is 0.565. The molecule has 0 saturated heterocycles. The zero-order valence-electron chi connectivity index (χ0n) is 26.9. The Bertz CT molecular complexity index is 2800. The number of rotatable bonds is 5. The highest BCUT2D eigenvalue weighted by Crippen LogP contribution is 2.42. The van der Waals surface area contributed by atoms with Gasteiger partial charge in [-0.05, 0) is 41.5 Å². The van der Waals surface area contributed by atoms with Gasteiger partial charge in [0, 0.05) is 38.4 Å². The summed E-state index contributed by atoms with van der Waals surface area (Å²) in [5, 5.41) is 4.36. The van der Waals surface area contributed by atoms with E-state index in [1.54, 1.807) is 0 Å². The van der Waals surface area contributed by atoms with Crippen molar-refractivity contribution in [1.82, 2.24) is 19.5 Å². The Morgan fingerprint density at radius 2 is 0.920 bits per heavy atom. The van der Waals surface area contributed by atoms with Gasteiger partial charge in [-0.2, -0.15) is 0 Å². The zero-order valence-corrected chi connectivity index (χ0v) is 26.9. The zero-order chi connectivity index (χ0) is 33.0. The van der Waals surface area contributed by atoms with Gasteiger partial charge in [0.25, 0.3) is 0 Å². The molecular weight excluding hydrogens is 613 g/mol. The highest BCUT2D eigenvalue weighted by atomic mass is 16.3. The van der Waals surface area contributed by atoms with Gasteiger partial charge in [-0.3, -0.25) is 0 Å². The third-order valence-corrected chi connectivity index (χ3v) is 9.45. The summed E-state index contributed by atoms with van der Waals surface area (Å²) in [6.07, 6.45) is 0. The van der Waals surface area contributed by atoms with E-state index in [-0.39, 0.29) is 0 Å². The van der Waals surface area contributed by atoms with E-state index in [4.69, 9.17) is 19.4 Å². The molecule has 3 heterocycles. The minimum Gasteiger partial charge on any atom is -0.453 e. The van der Waals surface area contributed by atoms with Gasteiger partial charge in [0.2, 0.25) is 0 Å². The average Bonchev–Trinajstić information content (AvgIpc) is 3.75. The Balaban J connectivity index is 1.25. The second-order valence-electron chi connectivity index (χ2n) is 12.4. The van der Waals surface area contributed by atoms with Crippen molar-refractivity contribution < 1.29 is 4.42 Å². The lowest BCUT2D eigenvalue weighted by Crippen LogP contribution is -2.00. The first-order chi connectivity index (χ1) is 24.8. The predicted molar refractivity (Wildman–Crippen MR) is 203 cm³/mol. The van der Waals surface area contributed by atoms with Crippen molar-refractivity contribution in [2.24, 2.45) is 0 Å². The van der Waals surface area contributed by atoms with Gasteiger partial charge in [0.15, 0.2) is 23.1 Å². The van der Waals surface area contributed by atoms with Crippen LogP contribution >= 0.6 is 0 Å². The second-order valence-corrected chi connectivity index (χ2v) is 12.4. The number of hydrogen-bond acceptors (Lipinski definition) is 4. The van der Waals surface area contributed by atoms with E-state index in [2.05, 4.69) is 108 Å². The van der Waals surface area contributed by atoms with Crippen molar-refractivity contribution in [3.63, 3.8) is 0 Å². The lowest BCUT2D eigenvalue weighted by Gasteiger charge is -2.10. The molecule has 3 aromatic heterocycles. The molecule has 0 aliphatic rings. The molecule has 0 unspecified atom stereocenters. The highest BCUT2D eigenvalue weighted by molar-refractivity contribution is 6.22. The van der Waals surface area contributed by atoms with E-state index >= 15 is 0 Å². The molecule has 0 aliphatic carbocycles. The van der Waals surface area contributed by atoms with Gasteiger partial charge >= 0.3 is 0 Å². The SMILES string of the molecule is c1ccc(-c2cccc(-n3c4ccccc4c4ccc5c6cccc(-c7nc(-c8ccccc8)nc(-c8ccccc8)n7)c6oc5c43)c2)cc1. The van der Waals surface area contributed by atoms with Gasteiger partial charge < -0.3 is 8.98 Å². The maximum absolute atomic E-state index is 7.03. The number of hydrogen-bond donors (Lipinski definition) is 0. The molecule has 5 nitrogen and oxygen atoms in total. The number of nitrogens with zero attached hydrogens (tertiary/aromatic N) is 4. The van der Waals surface area contributed by atoms with Gasteiger partial charge in [0.1, 0.15) is 5.58 Å². The largest absolute Gasteiger partial charge is 0.453 e. The normalized spacial score (nSPS) is 11.6. The van der Waals surface area contributed by atoms with E-state index in [1.807, 2.05) is 66.7 Å². The first-order valence-electron chi connectivity index (χ1n) is 16.7. The van der Waals surface area contributed by atoms with Crippen LogP contribution in [-0.2, 0) is 0 Å². The van der Waals surface area contributed by atoms with Gasteiger partial charge in [-0.25, -0.2) is 15.0 Å². The van der Waals surface area contributed by atoms with E-state index in [0.29, 0.717) is 17.5 Å². The fourth-order valence-corrected chi connectivity index (χ4v) is 7.13. The summed E-state index contributed by atoms with van der Waals surface area (Å²) in [5.41, 5.74) is 9.80. The molecule has 0 saturated carbocycles. The Morgan fingerprint density at radius 1 is 0.380 bits per heavy atom. The molecule has 0 fully saturated rings. The summed E-state index contributed by atoms with van der Waals surface area (Å²) in [5.74, 6) is 1.79. The van der Waals surface area contributed by atoms with Crippen LogP contribution < -0.4 is 0 Å². The third kappa shape index (κ3) is 4.52. The van der Waals surface area contributed by atoms with Crippen LogP contribution in [0.5, 0.6) is 0 Å². The third-order valence-electron chi connectivity index (χ3n) is 9.45. The highest BCUT2D eigenvalue weighted by Gasteiger charge is 2.22. The summed E-state index contributed by atoms with van der Waals surface area (Å²) in [4.78, 5) is 15.0. The Hall–Kier alpha value is -6.85. The topological polar surface area (TPSA) is 56.7 Å². The van der Waals surface area contributed by atoms with E-state index < -0.39 is 0 Å². The molecule has 234 valence electrons. The number of para-hydroxylation sites is 2.